The summed E-state index contributed by atoms with van der Waals surface area (Å²) in [5.41, 5.74) is 4.60. The number of hydrogen-bond donors (Lipinski definition) is 1. The first-order valence-corrected chi connectivity index (χ1v) is 12.6. The van der Waals surface area contributed by atoms with Crippen LogP contribution in [0.25, 0.3) is 10.9 Å². The van der Waals surface area contributed by atoms with Gasteiger partial charge in [-0.2, -0.15) is 0 Å². The van der Waals surface area contributed by atoms with Crippen molar-refractivity contribution in [3.05, 3.63) is 126 Å². The largest absolute Gasteiger partial charge is 0.457 e. The van der Waals surface area contributed by atoms with E-state index in [9.17, 15) is 9.18 Å². The van der Waals surface area contributed by atoms with Crippen LogP contribution in [0.5, 0.6) is 11.5 Å². The first-order chi connectivity index (χ1) is 18.4. The zero-order chi connectivity index (χ0) is 26.5. The standard InChI is InChI=1S/C32H30FN3O2/c1-35(19-18-23-8-15-29(16-9-23)38-28-6-4-3-5-7-28)21-25-22-36(2)31-17-10-24(20-30(25)31)32(37)34-27-13-11-26(33)12-14-27/h3-17,20,22H,18-19,21H2,1-2H3,(H,34,37). The molecule has 4 aromatic carbocycles. The molecule has 0 bridgehead atoms. The number of aryl methyl sites for hydroxylation is 1. The average molecular weight is 508 g/mol. The predicted molar refractivity (Wildman–Crippen MR) is 150 cm³/mol. The number of carbonyl (C=O) groups is 1. The van der Waals surface area contributed by atoms with Crippen molar-refractivity contribution < 1.29 is 13.9 Å². The summed E-state index contributed by atoms with van der Waals surface area (Å²) in [6.45, 7) is 1.65. The molecule has 1 heterocycles. The minimum absolute atomic E-state index is 0.221. The quantitative estimate of drug-likeness (QED) is 0.233. The van der Waals surface area contributed by atoms with E-state index in [1.165, 1.54) is 17.7 Å². The summed E-state index contributed by atoms with van der Waals surface area (Å²) in [6.07, 6.45) is 3.04. The molecule has 5 nitrogen and oxygen atoms in total. The minimum Gasteiger partial charge on any atom is -0.457 e. The van der Waals surface area contributed by atoms with Crippen molar-refractivity contribution in [1.29, 1.82) is 0 Å². The average Bonchev–Trinajstić information content (AvgIpc) is 3.24. The maximum absolute atomic E-state index is 13.2. The van der Waals surface area contributed by atoms with E-state index in [-0.39, 0.29) is 11.7 Å². The van der Waals surface area contributed by atoms with E-state index in [2.05, 4.69) is 40.2 Å². The number of anilines is 1. The van der Waals surface area contributed by atoms with E-state index >= 15 is 0 Å². The predicted octanol–water partition coefficient (Wildman–Crippen LogP) is 7.04. The van der Waals surface area contributed by atoms with Gasteiger partial charge in [-0.25, -0.2) is 4.39 Å². The number of nitrogens with one attached hydrogen (secondary N) is 1. The Morgan fingerprint density at radius 1 is 0.921 bits per heavy atom. The van der Waals surface area contributed by atoms with Gasteiger partial charge in [0.05, 0.1) is 0 Å². The van der Waals surface area contributed by atoms with E-state index in [4.69, 9.17) is 4.74 Å². The maximum Gasteiger partial charge on any atom is 0.255 e. The molecule has 0 aliphatic carbocycles. The Labute approximate surface area is 222 Å². The van der Waals surface area contributed by atoms with Crippen LogP contribution in [0, 0.1) is 5.82 Å². The summed E-state index contributed by atoms with van der Waals surface area (Å²) in [5.74, 6) is 1.09. The van der Waals surface area contributed by atoms with Crippen LogP contribution in [-0.4, -0.2) is 29.0 Å². The summed E-state index contributed by atoms with van der Waals surface area (Å²) in [5, 5.41) is 3.89. The second-order valence-electron chi connectivity index (χ2n) is 9.51. The van der Waals surface area contributed by atoms with E-state index in [0.29, 0.717) is 11.3 Å². The molecular weight excluding hydrogens is 477 g/mol. The molecule has 192 valence electrons. The van der Waals surface area contributed by atoms with Gasteiger partial charge in [-0.05, 0) is 91.3 Å². The highest BCUT2D eigenvalue weighted by Crippen LogP contribution is 2.25. The number of nitrogens with zero attached hydrogens (tertiary/aromatic N) is 2. The number of amides is 1. The molecule has 1 amide bonds. The number of para-hydroxylation sites is 1. The third-order valence-electron chi connectivity index (χ3n) is 6.56. The molecule has 0 saturated heterocycles. The monoisotopic (exact) mass is 507 g/mol. The Bertz CT molecular complexity index is 1530. The Morgan fingerprint density at radius 3 is 2.37 bits per heavy atom. The van der Waals surface area contributed by atoms with Gasteiger partial charge >= 0.3 is 0 Å². The Kier molecular flexibility index (Phi) is 7.52. The van der Waals surface area contributed by atoms with Crippen molar-refractivity contribution in [3.8, 4) is 11.5 Å². The van der Waals surface area contributed by atoms with E-state index in [1.807, 2.05) is 67.7 Å². The number of fused-ring (bicyclic) bond motifs is 1. The third kappa shape index (κ3) is 6.10. The van der Waals surface area contributed by atoms with Crippen LogP contribution in [0.3, 0.4) is 0 Å². The molecule has 1 aromatic heterocycles. The fraction of sp³-hybridized carbons (Fsp3) is 0.156. The Morgan fingerprint density at radius 2 is 1.63 bits per heavy atom. The van der Waals surface area contributed by atoms with Crippen molar-refractivity contribution in [2.45, 2.75) is 13.0 Å². The summed E-state index contributed by atoms with van der Waals surface area (Å²) in [4.78, 5) is 15.1. The molecule has 0 radical (unpaired) electrons. The van der Waals surface area contributed by atoms with E-state index in [0.717, 1.165) is 47.5 Å². The minimum atomic E-state index is -0.337. The highest BCUT2D eigenvalue weighted by atomic mass is 19.1. The van der Waals surface area contributed by atoms with Crippen LogP contribution in [-0.2, 0) is 20.0 Å². The number of rotatable bonds is 9. The van der Waals surface area contributed by atoms with Crippen molar-refractivity contribution in [2.75, 3.05) is 18.9 Å². The van der Waals surface area contributed by atoms with Crippen LogP contribution in [0.1, 0.15) is 21.5 Å². The number of hydrogen-bond acceptors (Lipinski definition) is 3. The first kappa shape index (κ1) is 25.2. The van der Waals surface area contributed by atoms with E-state index < -0.39 is 0 Å². The molecule has 0 saturated carbocycles. The van der Waals surface area contributed by atoms with Crippen LogP contribution < -0.4 is 10.1 Å². The van der Waals surface area contributed by atoms with Gasteiger partial charge in [-0.3, -0.25) is 4.79 Å². The molecule has 0 unspecified atom stereocenters. The highest BCUT2D eigenvalue weighted by Gasteiger charge is 2.13. The Balaban J connectivity index is 1.22. The molecule has 5 rings (SSSR count). The van der Waals surface area contributed by atoms with Crippen molar-refractivity contribution in [2.24, 2.45) is 7.05 Å². The lowest BCUT2D eigenvalue weighted by Crippen LogP contribution is -2.20. The number of aromatic nitrogens is 1. The van der Waals surface area contributed by atoms with Gasteiger partial charge in [0.15, 0.2) is 0 Å². The number of ether oxygens (including phenoxy) is 1. The van der Waals surface area contributed by atoms with Gasteiger partial charge in [-0.15, -0.1) is 0 Å². The lowest BCUT2D eigenvalue weighted by molar-refractivity contribution is 0.102. The molecular formula is C32H30FN3O2. The Hall–Kier alpha value is -4.42. The second-order valence-corrected chi connectivity index (χ2v) is 9.51. The molecule has 38 heavy (non-hydrogen) atoms. The summed E-state index contributed by atoms with van der Waals surface area (Å²) in [6, 6.07) is 29.5. The second kappa shape index (κ2) is 11.3. The zero-order valence-electron chi connectivity index (χ0n) is 21.5. The number of likely N-dealkylation sites (N-methyl/N-ethyl adjacent to an activating group) is 1. The molecule has 6 heteroatoms. The molecule has 0 fully saturated rings. The molecule has 5 aromatic rings. The zero-order valence-corrected chi connectivity index (χ0v) is 21.5. The molecule has 0 spiro atoms. The fourth-order valence-corrected chi connectivity index (χ4v) is 4.52. The van der Waals surface area contributed by atoms with Gasteiger partial charge in [-0.1, -0.05) is 30.3 Å². The smallest absolute Gasteiger partial charge is 0.255 e. The van der Waals surface area contributed by atoms with Gasteiger partial charge < -0.3 is 19.5 Å². The molecule has 1 N–H and O–H groups in total. The van der Waals surface area contributed by atoms with Crippen LogP contribution in [0.15, 0.2) is 103 Å². The lowest BCUT2D eigenvalue weighted by Gasteiger charge is -2.16. The van der Waals surface area contributed by atoms with E-state index in [1.54, 1.807) is 12.1 Å². The van der Waals surface area contributed by atoms with Crippen molar-refractivity contribution in [1.82, 2.24) is 9.47 Å². The lowest BCUT2D eigenvalue weighted by atomic mass is 10.1. The fourth-order valence-electron chi connectivity index (χ4n) is 4.52. The van der Waals surface area contributed by atoms with Gasteiger partial charge in [0.1, 0.15) is 17.3 Å². The topological polar surface area (TPSA) is 46.5 Å². The summed E-state index contributed by atoms with van der Waals surface area (Å²) in [7, 11) is 4.12. The molecule has 0 aliphatic rings. The van der Waals surface area contributed by atoms with Crippen LogP contribution in [0.4, 0.5) is 10.1 Å². The third-order valence-corrected chi connectivity index (χ3v) is 6.56. The maximum atomic E-state index is 13.2. The van der Waals surface area contributed by atoms with Crippen molar-refractivity contribution >= 4 is 22.5 Å². The normalized spacial score (nSPS) is 11.2. The highest BCUT2D eigenvalue weighted by molar-refractivity contribution is 6.06. The van der Waals surface area contributed by atoms with Crippen molar-refractivity contribution in [3.63, 3.8) is 0 Å². The van der Waals surface area contributed by atoms with Gasteiger partial charge in [0, 0.05) is 48.5 Å². The molecule has 0 atom stereocenters. The number of halogens is 1. The number of benzene rings is 4. The van der Waals surface area contributed by atoms with Crippen LogP contribution >= 0.6 is 0 Å². The van der Waals surface area contributed by atoms with Gasteiger partial charge in [0.2, 0.25) is 0 Å². The van der Waals surface area contributed by atoms with Gasteiger partial charge in [0.25, 0.3) is 5.91 Å². The first-order valence-electron chi connectivity index (χ1n) is 12.6. The number of carbonyl (C=O) groups excluding carboxylic acids is 1. The summed E-state index contributed by atoms with van der Waals surface area (Å²) < 4.78 is 21.2. The SMILES string of the molecule is CN(CCc1ccc(Oc2ccccc2)cc1)Cc1cn(C)c2ccc(C(=O)Nc3ccc(F)cc3)cc12. The molecule has 0 aliphatic heterocycles. The van der Waals surface area contributed by atoms with Crippen LogP contribution in [0.2, 0.25) is 0 Å². The summed E-state index contributed by atoms with van der Waals surface area (Å²) >= 11 is 0.